The van der Waals surface area contributed by atoms with Crippen molar-refractivity contribution >= 4 is 44.1 Å². The maximum Gasteiger partial charge on any atom is 0.132 e. The van der Waals surface area contributed by atoms with Gasteiger partial charge >= 0.3 is 0 Å². The summed E-state index contributed by atoms with van der Waals surface area (Å²) in [4.78, 5) is 5.13. The summed E-state index contributed by atoms with van der Waals surface area (Å²) in [5.74, 6) is 9.26. The van der Waals surface area contributed by atoms with Gasteiger partial charge in [0.1, 0.15) is 11.5 Å². The Morgan fingerprint density at radius 2 is 1.62 bits per heavy atom. The second-order valence-corrected chi connectivity index (χ2v) is 13.9. The van der Waals surface area contributed by atoms with Crippen molar-refractivity contribution in [2.75, 3.05) is 0 Å². The first-order chi connectivity index (χ1) is 24.5. The molecule has 1 aliphatic heterocycles. The Bertz CT molecular complexity index is 2360. The van der Waals surface area contributed by atoms with E-state index in [9.17, 15) is 0 Å². The SMILES string of the molecule is CCC1=Nc2cccc(c2C)OC2=CCC=CC(/C3=C/C=C(/c4c5ccccc5c(C5=C=C=CC=C5)c5ccccc45)CC#CC3)C2(C)CC1. The van der Waals surface area contributed by atoms with Crippen LogP contribution < -0.4 is 4.74 Å². The van der Waals surface area contributed by atoms with E-state index < -0.39 is 0 Å². The normalized spacial score (nSPS) is 23.3. The van der Waals surface area contributed by atoms with Crippen molar-refractivity contribution in [3.8, 4) is 17.6 Å². The van der Waals surface area contributed by atoms with Crippen LogP contribution in [-0.2, 0) is 0 Å². The maximum atomic E-state index is 6.90. The van der Waals surface area contributed by atoms with E-state index in [4.69, 9.17) is 9.73 Å². The van der Waals surface area contributed by atoms with Gasteiger partial charge in [-0.1, -0.05) is 128 Å². The van der Waals surface area contributed by atoms with Crippen molar-refractivity contribution in [2.45, 2.75) is 59.3 Å². The summed E-state index contributed by atoms with van der Waals surface area (Å²) in [5, 5.41) is 4.91. The van der Waals surface area contributed by atoms with E-state index in [2.05, 4.69) is 147 Å². The van der Waals surface area contributed by atoms with E-state index in [-0.39, 0.29) is 11.3 Å². The van der Waals surface area contributed by atoms with Crippen LogP contribution in [0.3, 0.4) is 0 Å². The molecule has 2 atom stereocenters. The minimum absolute atomic E-state index is 0.128. The second-order valence-electron chi connectivity index (χ2n) is 13.9. The first-order valence-electron chi connectivity index (χ1n) is 17.9. The lowest BCUT2D eigenvalue weighted by Gasteiger charge is -2.39. The highest BCUT2D eigenvalue weighted by atomic mass is 16.5. The molecule has 1 heterocycles. The van der Waals surface area contributed by atoms with Crippen molar-refractivity contribution < 1.29 is 4.74 Å². The van der Waals surface area contributed by atoms with Gasteiger partial charge in [0, 0.05) is 46.6 Å². The molecule has 244 valence electrons. The zero-order valence-electron chi connectivity index (χ0n) is 29.1. The molecule has 0 spiro atoms. The molecule has 2 unspecified atom stereocenters. The van der Waals surface area contributed by atoms with Crippen LogP contribution in [0.4, 0.5) is 5.69 Å². The molecule has 8 rings (SSSR count). The second kappa shape index (κ2) is 13.4. The van der Waals surface area contributed by atoms with Gasteiger partial charge in [-0.05, 0) is 95.6 Å². The quantitative estimate of drug-likeness (QED) is 0.0935. The number of rotatable bonds is 4. The summed E-state index contributed by atoms with van der Waals surface area (Å²) in [7, 11) is 0. The Morgan fingerprint density at radius 1 is 0.880 bits per heavy atom. The average Bonchev–Trinajstić information content (AvgIpc) is 3.29. The van der Waals surface area contributed by atoms with Crippen LogP contribution in [0, 0.1) is 30.1 Å². The van der Waals surface area contributed by atoms with Crippen LogP contribution in [0.1, 0.15) is 69.1 Å². The summed E-state index contributed by atoms with van der Waals surface area (Å²) in [6, 6.07) is 23.8. The fraction of sp³-hybridized carbons (Fsp3) is 0.229. The van der Waals surface area contributed by atoms with Gasteiger partial charge in [0.25, 0.3) is 0 Å². The van der Waals surface area contributed by atoms with Gasteiger partial charge in [-0.3, -0.25) is 4.99 Å². The van der Waals surface area contributed by atoms with E-state index in [1.807, 2.05) is 12.2 Å². The minimum atomic E-state index is -0.270. The summed E-state index contributed by atoms with van der Waals surface area (Å²) < 4.78 is 6.90. The van der Waals surface area contributed by atoms with E-state index >= 15 is 0 Å². The van der Waals surface area contributed by atoms with Crippen LogP contribution in [0.2, 0.25) is 0 Å². The zero-order chi connectivity index (χ0) is 34.1. The third-order valence-electron chi connectivity index (χ3n) is 10.9. The zero-order valence-corrected chi connectivity index (χ0v) is 29.1. The molecule has 2 bridgehead atoms. The van der Waals surface area contributed by atoms with Gasteiger partial charge in [-0.2, -0.15) is 0 Å². The molecule has 3 aliphatic carbocycles. The highest BCUT2D eigenvalue weighted by Crippen LogP contribution is 2.49. The van der Waals surface area contributed by atoms with Gasteiger partial charge in [0.2, 0.25) is 0 Å². The first-order valence-corrected chi connectivity index (χ1v) is 17.9. The average molecular weight is 648 g/mol. The molecule has 50 heavy (non-hydrogen) atoms. The lowest BCUT2D eigenvalue weighted by molar-refractivity contribution is 0.199. The highest BCUT2D eigenvalue weighted by Gasteiger charge is 2.41. The molecule has 0 amide bonds. The molecule has 0 fully saturated rings. The molecule has 2 nitrogen and oxygen atoms in total. The first kappa shape index (κ1) is 31.7. The monoisotopic (exact) mass is 647 g/mol. The van der Waals surface area contributed by atoms with E-state index in [1.165, 1.54) is 49.5 Å². The van der Waals surface area contributed by atoms with E-state index in [0.717, 1.165) is 60.4 Å². The lowest BCUT2D eigenvalue weighted by atomic mass is 9.67. The number of hydrogen-bond acceptors (Lipinski definition) is 2. The van der Waals surface area contributed by atoms with E-state index in [1.54, 1.807) is 0 Å². The molecule has 0 N–H and O–H groups in total. The van der Waals surface area contributed by atoms with Gasteiger partial charge < -0.3 is 4.74 Å². The third-order valence-corrected chi connectivity index (χ3v) is 10.9. The Balaban J connectivity index is 1.27. The predicted molar refractivity (Wildman–Crippen MR) is 211 cm³/mol. The van der Waals surface area contributed by atoms with Crippen molar-refractivity contribution in [3.63, 3.8) is 0 Å². The van der Waals surface area contributed by atoms with Crippen LogP contribution in [0.15, 0.2) is 143 Å². The summed E-state index contributed by atoms with van der Waals surface area (Å²) in [6.45, 7) is 6.74. The Kier molecular flexibility index (Phi) is 8.48. The van der Waals surface area contributed by atoms with Gasteiger partial charge in [-0.15, -0.1) is 0 Å². The smallest absolute Gasteiger partial charge is 0.132 e. The summed E-state index contributed by atoms with van der Waals surface area (Å²) in [5.41, 5.74) is 15.7. The fourth-order valence-corrected chi connectivity index (χ4v) is 8.09. The predicted octanol–water partition coefficient (Wildman–Crippen LogP) is 12.5. The van der Waals surface area contributed by atoms with Crippen molar-refractivity contribution in [2.24, 2.45) is 16.3 Å². The Labute approximate surface area is 296 Å². The number of fused-ring (bicyclic) bond motifs is 5. The van der Waals surface area contributed by atoms with Crippen LogP contribution >= 0.6 is 0 Å². The lowest BCUT2D eigenvalue weighted by Crippen LogP contribution is -2.33. The topological polar surface area (TPSA) is 21.6 Å². The third kappa shape index (κ3) is 5.66. The standard InChI is InChI=1S/C48H41NO/c1-4-37-31-32-48(3)42(25-14-15-28-45(48)50-44-27-16-26-43(49-37)33(44)2)34-17-8-9-20-36(30-29-34)47-40-23-12-10-21-38(40)46(35-18-6-5-7-19-35)39-22-11-13-24-41(39)47/h5-6,10-14,16,18,21-30,42H,4,15,17,20,31-32H2,1-3H3/b34-29+,36-30+,49-37?. The highest BCUT2D eigenvalue weighted by molar-refractivity contribution is 6.17. The maximum absolute atomic E-state index is 6.90. The molecular formula is C48H41NO. The largest absolute Gasteiger partial charge is 0.461 e. The minimum Gasteiger partial charge on any atom is -0.461 e. The number of nitrogens with zero attached hydrogens (tertiary/aromatic N) is 1. The number of allylic oxidation sites excluding steroid dienone is 12. The Hall–Kier alpha value is -5.57. The van der Waals surface area contributed by atoms with Crippen molar-refractivity contribution in [3.05, 3.63) is 155 Å². The van der Waals surface area contributed by atoms with Gasteiger partial charge in [-0.25, -0.2) is 0 Å². The molecule has 0 saturated heterocycles. The van der Waals surface area contributed by atoms with Gasteiger partial charge in [0.05, 0.1) is 5.69 Å². The summed E-state index contributed by atoms with van der Waals surface area (Å²) >= 11 is 0. The fourth-order valence-electron chi connectivity index (χ4n) is 8.09. The van der Waals surface area contributed by atoms with Crippen molar-refractivity contribution in [1.29, 1.82) is 0 Å². The molecule has 4 aromatic rings. The molecule has 2 heteroatoms. The number of hydrogen-bond donors (Lipinski definition) is 0. The number of ether oxygens (including phenoxy) is 1. The molecule has 4 aliphatic rings. The molecule has 4 aromatic carbocycles. The van der Waals surface area contributed by atoms with Gasteiger partial charge in [0.15, 0.2) is 0 Å². The molecule has 0 radical (unpaired) electrons. The van der Waals surface area contributed by atoms with Crippen LogP contribution in [0.25, 0.3) is 32.7 Å². The Morgan fingerprint density at radius 3 is 2.34 bits per heavy atom. The summed E-state index contributed by atoms with van der Waals surface area (Å²) in [6.07, 6.45) is 22.9. The van der Waals surface area contributed by atoms with Crippen molar-refractivity contribution in [1.82, 2.24) is 0 Å². The number of benzene rings is 4. The molecule has 0 aromatic heterocycles. The molecule has 0 saturated carbocycles. The van der Waals surface area contributed by atoms with Crippen LogP contribution in [-0.4, -0.2) is 5.71 Å². The molecular weight excluding hydrogens is 607 g/mol. The van der Waals surface area contributed by atoms with Crippen LogP contribution in [0.5, 0.6) is 5.75 Å². The van der Waals surface area contributed by atoms with E-state index in [0.29, 0.717) is 6.42 Å². The number of aliphatic imine (C=N–C) groups is 1.